The van der Waals surface area contributed by atoms with Crippen LogP contribution in [0.2, 0.25) is 0 Å². The number of aliphatic carboxylic acids is 1. The quantitative estimate of drug-likeness (QED) is 0.177. The highest BCUT2D eigenvalue weighted by Gasteiger charge is 2.17. The van der Waals surface area contributed by atoms with Gasteiger partial charge < -0.3 is 14.9 Å². The third-order valence-corrected chi connectivity index (χ3v) is 5.28. The molecule has 0 unspecified atom stereocenters. The molecule has 34 heavy (non-hydrogen) atoms. The van der Waals surface area contributed by atoms with E-state index in [1.54, 1.807) is 12.1 Å². The second-order valence-electron chi connectivity index (χ2n) is 7.75. The Morgan fingerprint density at radius 2 is 1.35 bits per heavy atom. The normalized spacial score (nSPS) is 10.7. The molecule has 0 aliphatic carbocycles. The van der Waals surface area contributed by atoms with E-state index in [9.17, 15) is 18.4 Å². The SMILES string of the molecule is C=C(CC(=O)Oc1ccc(-c2ccc(-c3ccc(CCCCO)cc3)c(F)c2F)cc1)C(=O)O. The summed E-state index contributed by atoms with van der Waals surface area (Å²) in [4.78, 5) is 22.5. The van der Waals surface area contributed by atoms with E-state index in [0.29, 0.717) is 17.5 Å². The molecule has 176 valence electrons. The minimum Gasteiger partial charge on any atom is -0.478 e. The summed E-state index contributed by atoms with van der Waals surface area (Å²) in [5.41, 5.74) is 1.90. The predicted molar refractivity (Wildman–Crippen MR) is 124 cm³/mol. The number of esters is 1. The van der Waals surface area contributed by atoms with Gasteiger partial charge in [-0.05, 0) is 48.1 Å². The van der Waals surface area contributed by atoms with Crippen LogP contribution in [0.3, 0.4) is 0 Å². The Hall–Kier alpha value is -3.84. The number of carboxylic acids is 1. The number of carbonyl (C=O) groups excluding carboxylic acids is 1. The summed E-state index contributed by atoms with van der Waals surface area (Å²) in [7, 11) is 0. The molecule has 0 radical (unpaired) electrons. The number of hydrogen-bond donors (Lipinski definition) is 2. The lowest BCUT2D eigenvalue weighted by molar-refractivity contribution is -0.138. The fraction of sp³-hybridized carbons (Fsp3) is 0.185. The largest absolute Gasteiger partial charge is 0.478 e. The molecule has 3 aromatic carbocycles. The molecule has 0 atom stereocenters. The highest BCUT2D eigenvalue weighted by molar-refractivity contribution is 5.92. The van der Waals surface area contributed by atoms with Crippen LogP contribution in [0.5, 0.6) is 5.75 Å². The van der Waals surface area contributed by atoms with E-state index in [0.717, 1.165) is 18.4 Å². The van der Waals surface area contributed by atoms with Crippen molar-refractivity contribution < 1.29 is 33.3 Å². The van der Waals surface area contributed by atoms with Gasteiger partial charge >= 0.3 is 11.9 Å². The predicted octanol–water partition coefficient (Wildman–Crippen LogP) is 5.55. The van der Waals surface area contributed by atoms with Crippen LogP contribution in [0, 0.1) is 11.6 Å². The number of halogens is 2. The van der Waals surface area contributed by atoms with Crippen molar-refractivity contribution in [1.82, 2.24) is 0 Å². The molecule has 3 rings (SSSR count). The number of hydrogen-bond acceptors (Lipinski definition) is 4. The molecule has 0 aliphatic rings. The zero-order chi connectivity index (χ0) is 24.7. The van der Waals surface area contributed by atoms with Gasteiger partial charge in [0.05, 0.1) is 6.42 Å². The van der Waals surface area contributed by atoms with Crippen molar-refractivity contribution in [3.8, 4) is 28.0 Å². The molecule has 0 aliphatic heterocycles. The summed E-state index contributed by atoms with van der Waals surface area (Å²) < 4.78 is 34.8. The maximum Gasteiger partial charge on any atom is 0.331 e. The number of aliphatic hydroxyl groups excluding tert-OH is 1. The number of rotatable bonds is 10. The van der Waals surface area contributed by atoms with E-state index in [-0.39, 0.29) is 29.1 Å². The average molecular weight is 466 g/mol. The topological polar surface area (TPSA) is 83.8 Å². The Labute approximate surface area is 195 Å². The molecule has 7 heteroatoms. The zero-order valence-corrected chi connectivity index (χ0v) is 18.4. The van der Waals surface area contributed by atoms with Gasteiger partial charge in [0.1, 0.15) is 5.75 Å². The molecule has 0 bridgehead atoms. The zero-order valence-electron chi connectivity index (χ0n) is 18.4. The molecule has 2 N–H and O–H groups in total. The van der Waals surface area contributed by atoms with Gasteiger partial charge in [0.25, 0.3) is 0 Å². The van der Waals surface area contributed by atoms with Gasteiger partial charge in [-0.2, -0.15) is 0 Å². The van der Waals surface area contributed by atoms with Crippen molar-refractivity contribution in [1.29, 1.82) is 0 Å². The van der Waals surface area contributed by atoms with Crippen LogP contribution in [0.25, 0.3) is 22.3 Å². The van der Waals surface area contributed by atoms with Crippen LogP contribution in [0.15, 0.2) is 72.8 Å². The molecular weight excluding hydrogens is 442 g/mol. The first-order valence-electron chi connectivity index (χ1n) is 10.7. The highest BCUT2D eigenvalue weighted by Crippen LogP contribution is 2.32. The number of benzene rings is 3. The molecule has 3 aromatic rings. The van der Waals surface area contributed by atoms with Gasteiger partial charge in [0, 0.05) is 23.3 Å². The summed E-state index contributed by atoms with van der Waals surface area (Å²) in [5.74, 6) is -3.90. The number of aryl methyl sites for hydroxylation is 1. The Balaban J connectivity index is 1.74. The van der Waals surface area contributed by atoms with Gasteiger partial charge in [-0.25, -0.2) is 13.6 Å². The Morgan fingerprint density at radius 3 is 1.85 bits per heavy atom. The lowest BCUT2D eigenvalue weighted by atomic mass is 9.97. The number of carbonyl (C=O) groups is 2. The van der Waals surface area contributed by atoms with E-state index in [2.05, 4.69) is 6.58 Å². The van der Waals surface area contributed by atoms with Gasteiger partial charge in [-0.1, -0.05) is 55.1 Å². The first-order valence-corrected chi connectivity index (χ1v) is 10.7. The van der Waals surface area contributed by atoms with E-state index >= 15 is 0 Å². The lowest BCUT2D eigenvalue weighted by Gasteiger charge is -2.11. The second kappa shape index (κ2) is 11.3. The molecule has 5 nitrogen and oxygen atoms in total. The smallest absolute Gasteiger partial charge is 0.331 e. The summed E-state index contributed by atoms with van der Waals surface area (Å²) in [6.07, 6.45) is 1.90. The van der Waals surface area contributed by atoms with Crippen LogP contribution in [-0.4, -0.2) is 28.8 Å². The molecule has 0 aromatic heterocycles. The van der Waals surface area contributed by atoms with Crippen molar-refractivity contribution in [3.05, 3.63) is 90.0 Å². The maximum atomic E-state index is 14.9. The standard InChI is InChI=1S/C27H24F2O5/c1-17(27(32)33)16-24(31)34-21-11-9-20(10-12-21)23-14-13-22(25(28)26(23)29)19-7-5-18(6-8-19)4-2-3-15-30/h5-14,30H,1-4,15-16H2,(H,32,33). The van der Waals surface area contributed by atoms with Crippen molar-refractivity contribution in [2.75, 3.05) is 6.61 Å². The van der Waals surface area contributed by atoms with Crippen molar-refractivity contribution in [3.63, 3.8) is 0 Å². The second-order valence-corrected chi connectivity index (χ2v) is 7.75. The Morgan fingerprint density at radius 1 is 0.824 bits per heavy atom. The van der Waals surface area contributed by atoms with E-state index in [4.69, 9.17) is 14.9 Å². The Kier molecular flexibility index (Phi) is 8.27. The molecule has 0 spiro atoms. The monoisotopic (exact) mass is 466 g/mol. The summed E-state index contributed by atoms with van der Waals surface area (Å²) in [6, 6.07) is 16.0. The molecule has 0 fully saturated rings. The molecule has 0 amide bonds. The van der Waals surface area contributed by atoms with Crippen molar-refractivity contribution in [2.24, 2.45) is 0 Å². The highest BCUT2D eigenvalue weighted by atomic mass is 19.2. The fourth-order valence-corrected chi connectivity index (χ4v) is 3.41. The molecule has 0 heterocycles. The Bertz CT molecular complexity index is 1180. The van der Waals surface area contributed by atoms with Gasteiger partial charge in [-0.3, -0.25) is 4.79 Å². The average Bonchev–Trinajstić information content (AvgIpc) is 2.82. The first-order chi connectivity index (χ1) is 16.3. The van der Waals surface area contributed by atoms with Crippen LogP contribution in [-0.2, 0) is 16.0 Å². The summed E-state index contributed by atoms with van der Waals surface area (Å²) >= 11 is 0. The van der Waals surface area contributed by atoms with Crippen molar-refractivity contribution in [2.45, 2.75) is 25.7 Å². The minimum absolute atomic E-state index is 0.0546. The summed E-state index contributed by atoms with van der Waals surface area (Å²) in [6.45, 7) is 3.41. The van der Waals surface area contributed by atoms with Gasteiger partial charge in [0.15, 0.2) is 11.6 Å². The third kappa shape index (κ3) is 6.14. The lowest BCUT2D eigenvalue weighted by Crippen LogP contribution is -2.12. The molecule has 0 saturated carbocycles. The van der Waals surface area contributed by atoms with Gasteiger partial charge in [-0.15, -0.1) is 0 Å². The van der Waals surface area contributed by atoms with E-state index < -0.39 is 30.0 Å². The number of carboxylic acid groups (broad SMARTS) is 1. The van der Waals surface area contributed by atoms with Crippen LogP contribution in [0.1, 0.15) is 24.8 Å². The first kappa shape index (κ1) is 24.8. The van der Waals surface area contributed by atoms with Crippen molar-refractivity contribution >= 4 is 11.9 Å². The third-order valence-electron chi connectivity index (χ3n) is 5.28. The number of ether oxygens (including phenoxy) is 1. The molecular formula is C27H24F2O5. The summed E-state index contributed by atoms with van der Waals surface area (Å²) in [5, 5.41) is 17.6. The number of aliphatic hydroxyl groups is 1. The van der Waals surface area contributed by atoms with Crippen LogP contribution >= 0.6 is 0 Å². The number of unbranched alkanes of at least 4 members (excludes halogenated alkanes) is 1. The van der Waals surface area contributed by atoms with E-state index in [1.165, 1.54) is 36.4 Å². The maximum absolute atomic E-state index is 14.9. The van der Waals surface area contributed by atoms with E-state index in [1.807, 2.05) is 12.1 Å². The minimum atomic E-state index is -1.29. The van der Waals surface area contributed by atoms with Crippen LogP contribution in [0.4, 0.5) is 8.78 Å². The van der Waals surface area contributed by atoms with Gasteiger partial charge in [0.2, 0.25) is 0 Å². The van der Waals surface area contributed by atoms with Crippen LogP contribution < -0.4 is 4.74 Å². The molecule has 0 saturated heterocycles. The fourth-order valence-electron chi connectivity index (χ4n) is 3.41.